The van der Waals surface area contributed by atoms with Gasteiger partial charge in [-0.3, -0.25) is 14.8 Å². The van der Waals surface area contributed by atoms with E-state index in [2.05, 4.69) is 15.2 Å². The molecule has 2 aliphatic rings. The number of ether oxygens (including phenoxy) is 1. The summed E-state index contributed by atoms with van der Waals surface area (Å²) in [5, 5.41) is 2.69. The van der Waals surface area contributed by atoms with Crippen molar-refractivity contribution in [2.24, 2.45) is 11.5 Å². The summed E-state index contributed by atoms with van der Waals surface area (Å²) in [5.74, 6) is 0.215. The first-order valence-corrected chi connectivity index (χ1v) is 11.1. The van der Waals surface area contributed by atoms with Crippen molar-refractivity contribution in [2.75, 3.05) is 44.6 Å². The molecule has 2 aliphatic heterocycles. The number of carbonyl (C=O) groups is 1. The van der Waals surface area contributed by atoms with E-state index in [9.17, 15) is 9.59 Å². The molecule has 180 valence electrons. The van der Waals surface area contributed by atoms with Gasteiger partial charge in [-0.25, -0.2) is 9.59 Å². The van der Waals surface area contributed by atoms with Crippen molar-refractivity contribution < 1.29 is 9.53 Å². The molecule has 2 aromatic rings. The first-order chi connectivity index (χ1) is 15.5. The van der Waals surface area contributed by atoms with Gasteiger partial charge in [-0.15, -0.1) is 12.4 Å². The van der Waals surface area contributed by atoms with Gasteiger partial charge < -0.3 is 21.1 Å². The van der Waals surface area contributed by atoms with Gasteiger partial charge in [0.15, 0.2) is 0 Å². The van der Waals surface area contributed by atoms with Crippen LogP contribution in [0.25, 0.3) is 5.69 Å². The highest BCUT2D eigenvalue weighted by Gasteiger charge is 2.23. The van der Waals surface area contributed by atoms with E-state index in [0.29, 0.717) is 32.3 Å². The number of nitrogens with zero attached hydrogens (tertiary/aromatic N) is 4. The van der Waals surface area contributed by atoms with Crippen molar-refractivity contribution in [3.63, 3.8) is 0 Å². The van der Waals surface area contributed by atoms with Gasteiger partial charge in [0.2, 0.25) is 0 Å². The van der Waals surface area contributed by atoms with E-state index in [0.717, 1.165) is 38.2 Å². The molecule has 1 atom stereocenters. The van der Waals surface area contributed by atoms with Crippen LogP contribution in [0.5, 0.6) is 0 Å². The number of benzene rings is 1. The number of hydrogen-bond acceptors (Lipinski definition) is 7. The number of nitrogens with one attached hydrogen (secondary N) is 1. The van der Waals surface area contributed by atoms with Crippen molar-refractivity contribution in [1.82, 2.24) is 19.4 Å². The molecule has 0 spiro atoms. The lowest BCUT2D eigenvalue weighted by Crippen LogP contribution is -2.49. The SMILES string of the molecule is Cl.NCC1CN(C(=O)Nc2ccn(-c3ccc(CN4CCC(N)CC4)cc3)c(=O)n2)CCO1. The molecule has 2 saturated heterocycles. The van der Waals surface area contributed by atoms with E-state index in [-0.39, 0.29) is 30.4 Å². The average Bonchev–Trinajstić information content (AvgIpc) is 2.81. The van der Waals surface area contributed by atoms with Crippen LogP contribution in [0, 0.1) is 0 Å². The van der Waals surface area contributed by atoms with E-state index in [1.807, 2.05) is 24.3 Å². The van der Waals surface area contributed by atoms with Gasteiger partial charge in [0.25, 0.3) is 0 Å². The van der Waals surface area contributed by atoms with Gasteiger partial charge >= 0.3 is 11.7 Å². The number of morpholine rings is 1. The van der Waals surface area contributed by atoms with Crippen molar-refractivity contribution in [2.45, 2.75) is 31.5 Å². The second-order valence-corrected chi connectivity index (χ2v) is 8.35. The molecule has 2 fully saturated rings. The molecule has 0 bridgehead atoms. The zero-order valence-corrected chi connectivity index (χ0v) is 19.4. The van der Waals surface area contributed by atoms with Crippen molar-refractivity contribution in [1.29, 1.82) is 0 Å². The highest BCUT2D eigenvalue weighted by atomic mass is 35.5. The molecule has 0 saturated carbocycles. The molecule has 3 heterocycles. The second kappa shape index (κ2) is 11.6. The number of piperidine rings is 1. The van der Waals surface area contributed by atoms with E-state index < -0.39 is 5.69 Å². The lowest BCUT2D eigenvalue weighted by molar-refractivity contribution is -0.00661. The van der Waals surface area contributed by atoms with E-state index in [4.69, 9.17) is 16.2 Å². The number of hydrogen-bond donors (Lipinski definition) is 3. The van der Waals surface area contributed by atoms with Crippen LogP contribution in [0.15, 0.2) is 41.3 Å². The molecule has 0 aliphatic carbocycles. The summed E-state index contributed by atoms with van der Waals surface area (Å²) in [6.45, 7) is 4.56. The number of nitrogens with two attached hydrogens (primary N) is 2. The molecule has 1 aromatic carbocycles. The number of anilines is 1. The summed E-state index contributed by atoms with van der Waals surface area (Å²) in [5.41, 5.74) is 13.1. The fourth-order valence-electron chi connectivity index (χ4n) is 4.04. The number of amides is 2. The molecule has 33 heavy (non-hydrogen) atoms. The zero-order valence-electron chi connectivity index (χ0n) is 18.6. The highest BCUT2D eigenvalue weighted by molar-refractivity contribution is 5.88. The highest BCUT2D eigenvalue weighted by Crippen LogP contribution is 2.15. The Labute approximate surface area is 199 Å². The Morgan fingerprint density at radius 3 is 2.55 bits per heavy atom. The number of halogens is 1. The van der Waals surface area contributed by atoms with Crippen LogP contribution in [-0.4, -0.2) is 76.9 Å². The molecule has 5 N–H and O–H groups in total. The number of rotatable bonds is 5. The molecular weight excluding hydrogens is 446 g/mol. The van der Waals surface area contributed by atoms with Gasteiger partial charge in [0.05, 0.1) is 18.4 Å². The fourth-order valence-corrected chi connectivity index (χ4v) is 4.04. The van der Waals surface area contributed by atoms with Gasteiger partial charge in [0, 0.05) is 38.4 Å². The monoisotopic (exact) mass is 477 g/mol. The lowest BCUT2D eigenvalue weighted by atomic mass is 10.1. The van der Waals surface area contributed by atoms with E-state index in [1.165, 1.54) is 10.1 Å². The smallest absolute Gasteiger partial charge is 0.354 e. The molecule has 10 nitrogen and oxygen atoms in total. The molecule has 2 amide bonds. The maximum atomic E-state index is 12.6. The molecule has 1 unspecified atom stereocenters. The van der Waals surface area contributed by atoms with Gasteiger partial charge in [0.1, 0.15) is 5.82 Å². The van der Waals surface area contributed by atoms with Crippen LogP contribution in [-0.2, 0) is 11.3 Å². The topological polar surface area (TPSA) is 132 Å². The van der Waals surface area contributed by atoms with E-state index >= 15 is 0 Å². The van der Waals surface area contributed by atoms with Crippen LogP contribution in [0.4, 0.5) is 10.6 Å². The predicted octanol–water partition coefficient (Wildman–Crippen LogP) is 0.769. The molecule has 4 rings (SSSR count). The number of likely N-dealkylation sites (tertiary alicyclic amines) is 1. The first-order valence-electron chi connectivity index (χ1n) is 11.1. The Balaban J connectivity index is 0.00000306. The first kappa shape index (κ1) is 25.1. The number of urea groups is 1. The van der Waals surface area contributed by atoms with Crippen molar-refractivity contribution in [3.8, 4) is 5.69 Å². The second-order valence-electron chi connectivity index (χ2n) is 8.35. The molecule has 0 radical (unpaired) electrons. The normalized spacial score (nSPS) is 19.7. The van der Waals surface area contributed by atoms with Crippen LogP contribution < -0.4 is 22.5 Å². The predicted molar refractivity (Wildman–Crippen MR) is 129 cm³/mol. The quantitative estimate of drug-likeness (QED) is 0.579. The maximum Gasteiger partial charge on any atom is 0.354 e. The third kappa shape index (κ3) is 6.52. The Kier molecular flexibility index (Phi) is 8.81. The zero-order chi connectivity index (χ0) is 22.5. The maximum absolute atomic E-state index is 12.6. The Morgan fingerprint density at radius 1 is 1.15 bits per heavy atom. The summed E-state index contributed by atoms with van der Waals surface area (Å²) < 4.78 is 6.93. The Hall–Kier alpha value is -2.50. The van der Waals surface area contributed by atoms with Crippen molar-refractivity contribution in [3.05, 3.63) is 52.6 Å². The summed E-state index contributed by atoms with van der Waals surface area (Å²) in [4.78, 5) is 33.1. The molecule has 11 heteroatoms. The van der Waals surface area contributed by atoms with Crippen LogP contribution in [0.1, 0.15) is 18.4 Å². The third-order valence-electron chi connectivity index (χ3n) is 5.98. The Morgan fingerprint density at radius 2 is 1.88 bits per heavy atom. The fraction of sp³-hybridized carbons (Fsp3) is 0.500. The number of aromatic nitrogens is 2. The number of carbonyl (C=O) groups excluding carboxylic acids is 1. The summed E-state index contributed by atoms with van der Waals surface area (Å²) >= 11 is 0. The van der Waals surface area contributed by atoms with E-state index in [1.54, 1.807) is 17.2 Å². The molecule has 1 aromatic heterocycles. The molecular formula is C22H32ClN7O3. The average molecular weight is 478 g/mol. The minimum absolute atomic E-state index is 0. The van der Waals surface area contributed by atoms with Crippen molar-refractivity contribution >= 4 is 24.3 Å². The minimum Gasteiger partial charge on any atom is -0.373 e. The van der Waals surface area contributed by atoms with Crippen LogP contribution in [0.3, 0.4) is 0 Å². The van der Waals surface area contributed by atoms with Gasteiger partial charge in [-0.2, -0.15) is 4.98 Å². The lowest BCUT2D eigenvalue weighted by Gasteiger charge is -2.32. The summed E-state index contributed by atoms with van der Waals surface area (Å²) in [6.07, 6.45) is 3.50. The summed E-state index contributed by atoms with van der Waals surface area (Å²) in [7, 11) is 0. The third-order valence-corrected chi connectivity index (χ3v) is 5.98. The summed E-state index contributed by atoms with van der Waals surface area (Å²) in [6, 6.07) is 9.48. The largest absolute Gasteiger partial charge is 0.373 e. The van der Waals surface area contributed by atoms with Gasteiger partial charge in [-0.05, 0) is 49.7 Å². The standard InChI is InChI=1S/C22H31N7O3.ClH/c23-13-19-15-28(11-12-32-19)21(30)25-20-7-10-29(22(31)26-20)18-3-1-16(2-4-18)14-27-8-5-17(24)6-9-27;/h1-4,7,10,17,19H,5-6,8-9,11-15,23-24H2,(H,25,26,30,31);1H. The Bertz CT molecular complexity index is 977. The van der Waals surface area contributed by atoms with Crippen LogP contribution >= 0.6 is 12.4 Å². The van der Waals surface area contributed by atoms with Crippen LogP contribution in [0.2, 0.25) is 0 Å². The minimum atomic E-state index is -0.456. The van der Waals surface area contributed by atoms with Gasteiger partial charge in [-0.1, -0.05) is 12.1 Å².